The lowest BCUT2D eigenvalue weighted by atomic mass is 10.0. The molecule has 60 heavy (non-hydrogen) atoms. The quantitative estimate of drug-likeness (QED) is 0.154. The van der Waals surface area contributed by atoms with Gasteiger partial charge in [-0.3, -0.25) is 9.97 Å². The van der Waals surface area contributed by atoms with Crippen LogP contribution in [0.5, 0.6) is 0 Å². The van der Waals surface area contributed by atoms with Gasteiger partial charge in [0.05, 0.1) is 11.4 Å². The van der Waals surface area contributed by atoms with Crippen LogP contribution in [-0.4, -0.2) is 19.1 Å². The summed E-state index contributed by atoms with van der Waals surface area (Å²) < 4.78 is 4.54. The minimum atomic E-state index is 0.835. The first-order chi connectivity index (χ1) is 29.6. The van der Waals surface area contributed by atoms with Gasteiger partial charge in [0.15, 0.2) is 0 Å². The molecular formula is C54H40N6. The van der Waals surface area contributed by atoms with Crippen LogP contribution in [-0.2, 0) is 14.1 Å². The molecule has 0 aliphatic carbocycles. The fraction of sp³-hybridized carbons (Fsp3) is 0.0370. The van der Waals surface area contributed by atoms with Gasteiger partial charge in [0.1, 0.15) is 0 Å². The van der Waals surface area contributed by atoms with E-state index in [1.165, 1.54) is 43.6 Å². The smallest absolute Gasteiger partial charge is 0.0965 e. The molecule has 0 amide bonds. The molecule has 0 atom stereocenters. The number of anilines is 6. The number of rotatable bonds is 8. The third kappa shape index (κ3) is 5.88. The maximum atomic E-state index is 4.90. The summed E-state index contributed by atoms with van der Waals surface area (Å²) in [6, 6.07) is 69.2. The number of benzene rings is 8. The summed E-state index contributed by atoms with van der Waals surface area (Å²) >= 11 is 0. The van der Waals surface area contributed by atoms with Crippen LogP contribution in [0.2, 0.25) is 0 Å². The summed E-state index contributed by atoms with van der Waals surface area (Å²) in [6.45, 7) is 0. The lowest BCUT2D eigenvalue weighted by Gasteiger charge is -2.26. The molecule has 0 saturated carbocycles. The first kappa shape index (κ1) is 35.2. The van der Waals surface area contributed by atoms with Gasteiger partial charge in [-0.05, 0) is 97.1 Å². The Bertz CT molecular complexity index is 3100. The summed E-state index contributed by atoms with van der Waals surface area (Å²) in [7, 11) is 4.28. The third-order valence-corrected chi connectivity index (χ3v) is 11.8. The van der Waals surface area contributed by atoms with E-state index in [0.29, 0.717) is 0 Å². The molecule has 0 aliphatic heterocycles. The maximum absolute atomic E-state index is 4.90. The van der Waals surface area contributed by atoms with Gasteiger partial charge >= 0.3 is 0 Å². The molecule has 3 heterocycles. The highest BCUT2D eigenvalue weighted by molar-refractivity contribution is 6.10. The molecule has 0 spiro atoms. The van der Waals surface area contributed by atoms with E-state index in [1.54, 1.807) is 12.4 Å². The van der Waals surface area contributed by atoms with E-state index in [4.69, 9.17) is 9.97 Å². The van der Waals surface area contributed by atoms with Crippen molar-refractivity contribution in [2.24, 2.45) is 14.1 Å². The molecule has 0 saturated heterocycles. The second-order valence-corrected chi connectivity index (χ2v) is 15.2. The number of aryl methyl sites for hydroxylation is 2. The van der Waals surface area contributed by atoms with E-state index >= 15 is 0 Å². The zero-order chi connectivity index (χ0) is 40.2. The summed E-state index contributed by atoms with van der Waals surface area (Å²) in [5, 5.41) is 4.96. The first-order valence-electron chi connectivity index (χ1n) is 20.3. The largest absolute Gasteiger partial charge is 0.344 e. The Labute approximate surface area is 348 Å². The van der Waals surface area contributed by atoms with E-state index in [1.807, 2.05) is 0 Å². The Morgan fingerprint density at radius 2 is 0.650 bits per heavy atom. The highest BCUT2D eigenvalue weighted by atomic mass is 15.1. The average molecular weight is 773 g/mol. The van der Waals surface area contributed by atoms with Crippen molar-refractivity contribution in [2.75, 3.05) is 9.80 Å². The van der Waals surface area contributed by atoms with Crippen LogP contribution in [0.15, 0.2) is 207 Å². The molecule has 0 radical (unpaired) electrons. The maximum Gasteiger partial charge on any atom is 0.0965 e. The van der Waals surface area contributed by atoms with Crippen molar-refractivity contribution < 1.29 is 0 Å². The summed E-state index contributed by atoms with van der Waals surface area (Å²) in [4.78, 5) is 14.4. The highest BCUT2D eigenvalue weighted by Crippen LogP contribution is 2.42. The molecular weight excluding hydrogens is 733 g/mol. The number of aromatic nitrogens is 4. The predicted octanol–water partition coefficient (Wildman–Crippen LogP) is 14.0. The van der Waals surface area contributed by atoms with Crippen LogP contribution in [0, 0.1) is 0 Å². The lowest BCUT2D eigenvalue weighted by molar-refractivity contribution is 1.01. The predicted molar refractivity (Wildman–Crippen MR) is 250 cm³/mol. The lowest BCUT2D eigenvalue weighted by Crippen LogP contribution is -2.10. The Morgan fingerprint density at radius 3 is 1.07 bits per heavy atom. The minimum Gasteiger partial charge on any atom is -0.344 e. The van der Waals surface area contributed by atoms with Crippen molar-refractivity contribution in [3.8, 4) is 22.5 Å². The van der Waals surface area contributed by atoms with Gasteiger partial charge in [0, 0.05) is 115 Å². The normalized spacial score (nSPS) is 11.5. The van der Waals surface area contributed by atoms with E-state index in [0.717, 1.165) is 56.6 Å². The van der Waals surface area contributed by atoms with E-state index in [9.17, 15) is 0 Å². The molecule has 0 bridgehead atoms. The molecule has 6 nitrogen and oxygen atoms in total. The summed E-state index contributed by atoms with van der Waals surface area (Å²) in [5.41, 5.74) is 15.0. The number of nitrogens with zero attached hydrogens (tertiary/aromatic N) is 6. The molecule has 0 N–H and O–H groups in total. The Hall–Kier alpha value is -7.96. The second kappa shape index (κ2) is 14.5. The van der Waals surface area contributed by atoms with Gasteiger partial charge in [-0.1, -0.05) is 97.1 Å². The van der Waals surface area contributed by atoms with E-state index in [2.05, 4.69) is 227 Å². The molecule has 11 rings (SSSR count). The van der Waals surface area contributed by atoms with Crippen LogP contribution in [0.25, 0.3) is 66.1 Å². The van der Waals surface area contributed by atoms with Crippen molar-refractivity contribution >= 4 is 77.7 Å². The van der Waals surface area contributed by atoms with Gasteiger partial charge in [0.25, 0.3) is 0 Å². The fourth-order valence-corrected chi connectivity index (χ4v) is 8.94. The average Bonchev–Trinajstić information content (AvgIpc) is 3.77. The monoisotopic (exact) mass is 772 g/mol. The van der Waals surface area contributed by atoms with Gasteiger partial charge in [-0.15, -0.1) is 0 Å². The first-order valence-corrected chi connectivity index (χ1v) is 20.3. The van der Waals surface area contributed by atoms with Crippen LogP contribution in [0.4, 0.5) is 34.1 Å². The van der Waals surface area contributed by atoms with Crippen LogP contribution >= 0.6 is 0 Å². The van der Waals surface area contributed by atoms with Crippen LogP contribution in [0.3, 0.4) is 0 Å². The molecule has 0 fully saturated rings. The van der Waals surface area contributed by atoms with Gasteiger partial charge < -0.3 is 18.9 Å². The van der Waals surface area contributed by atoms with E-state index < -0.39 is 0 Å². The number of para-hydroxylation sites is 4. The molecule has 0 aliphatic rings. The van der Waals surface area contributed by atoms with Crippen LogP contribution in [0.1, 0.15) is 0 Å². The van der Waals surface area contributed by atoms with Gasteiger partial charge in [-0.2, -0.15) is 0 Å². The van der Waals surface area contributed by atoms with E-state index in [-0.39, 0.29) is 0 Å². The van der Waals surface area contributed by atoms with Crippen LogP contribution < -0.4 is 9.80 Å². The molecule has 8 aromatic carbocycles. The molecule has 0 unspecified atom stereocenters. The van der Waals surface area contributed by atoms with Gasteiger partial charge in [0.2, 0.25) is 0 Å². The zero-order valence-electron chi connectivity index (χ0n) is 33.3. The summed E-state index contributed by atoms with van der Waals surface area (Å²) in [6.07, 6.45) is 3.55. The van der Waals surface area contributed by atoms with Crippen molar-refractivity contribution in [1.82, 2.24) is 19.1 Å². The Morgan fingerprint density at radius 1 is 0.317 bits per heavy atom. The van der Waals surface area contributed by atoms with Crippen molar-refractivity contribution in [2.45, 2.75) is 0 Å². The molecule has 3 aromatic heterocycles. The number of fused-ring (bicyclic) bond motifs is 6. The molecule has 286 valence electrons. The standard InChI is InChI=1S/C54H40N6/c1-57-49-19-11-9-17-45(49)47-35-43(29-31-51(47)57)59(39-13-5-3-6-14-39)41-25-21-37(22-26-41)53-54(56-34-33-55-53)38-23-27-42(28-24-38)60(40-15-7-4-8-16-40)44-30-32-52-48(36-44)46-18-10-12-20-50(46)58(52)2/h3-36H,1-2H3. The third-order valence-electron chi connectivity index (χ3n) is 11.8. The van der Waals surface area contributed by atoms with Crippen molar-refractivity contribution in [3.63, 3.8) is 0 Å². The number of hydrogen-bond donors (Lipinski definition) is 0. The van der Waals surface area contributed by atoms with Crippen molar-refractivity contribution in [1.29, 1.82) is 0 Å². The second-order valence-electron chi connectivity index (χ2n) is 15.2. The van der Waals surface area contributed by atoms with Gasteiger partial charge in [-0.25, -0.2) is 0 Å². The molecule has 11 aromatic rings. The minimum absolute atomic E-state index is 0.835. The topological polar surface area (TPSA) is 42.1 Å². The zero-order valence-corrected chi connectivity index (χ0v) is 33.3. The Kier molecular flexibility index (Phi) is 8.48. The van der Waals surface area contributed by atoms with Crippen molar-refractivity contribution in [3.05, 3.63) is 207 Å². The summed E-state index contributed by atoms with van der Waals surface area (Å²) in [5.74, 6) is 0. The fourth-order valence-electron chi connectivity index (χ4n) is 8.94. The number of hydrogen-bond acceptors (Lipinski definition) is 4. The Balaban J connectivity index is 0.948. The highest BCUT2D eigenvalue weighted by Gasteiger charge is 2.19. The SMILES string of the molecule is Cn1c2ccccc2c2cc(N(c3ccccc3)c3ccc(-c4nccnc4-c4ccc(N(c5ccccc5)c5ccc6c(c5)c5ccccc5n6C)cc4)cc3)ccc21. The molecule has 6 heteroatoms.